The van der Waals surface area contributed by atoms with Crippen LogP contribution in [0.3, 0.4) is 0 Å². The number of nitro benzene ring substituents is 2. The Morgan fingerprint density at radius 2 is 1.26 bits per heavy atom. The molecule has 184 valence electrons. The summed E-state index contributed by atoms with van der Waals surface area (Å²) >= 11 is 0. The number of methoxy groups -OCH3 is 3. The van der Waals surface area contributed by atoms with E-state index in [0.717, 1.165) is 13.2 Å². The minimum Gasteiger partial charge on any atom is -0.493 e. The van der Waals surface area contributed by atoms with E-state index in [2.05, 4.69) is 4.74 Å². The Bertz CT molecular complexity index is 1050. The molecule has 12 nitrogen and oxygen atoms in total. The number of rotatable bonds is 13. The number of hydrogen-bond acceptors (Lipinski definition) is 10. The zero-order valence-electron chi connectivity index (χ0n) is 19.3. The Hall–Kier alpha value is -4.09. The number of ether oxygens (including phenoxy) is 5. The lowest BCUT2D eigenvalue weighted by molar-refractivity contribution is -0.385. The van der Waals surface area contributed by atoms with Crippen molar-refractivity contribution in [3.63, 3.8) is 0 Å². The van der Waals surface area contributed by atoms with Crippen molar-refractivity contribution in [2.45, 2.75) is 26.2 Å². The molecule has 0 N–H and O–H groups in total. The maximum Gasteiger partial charge on any atom is 0.345 e. The van der Waals surface area contributed by atoms with Crippen LogP contribution >= 0.6 is 0 Å². The van der Waals surface area contributed by atoms with Crippen molar-refractivity contribution < 1.29 is 38.3 Å². The van der Waals surface area contributed by atoms with Gasteiger partial charge < -0.3 is 23.7 Å². The summed E-state index contributed by atoms with van der Waals surface area (Å²) in [5.41, 5.74) is -0.259. The fourth-order valence-corrected chi connectivity index (χ4v) is 3.11. The third-order valence-electron chi connectivity index (χ3n) is 4.87. The van der Waals surface area contributed by atoms with Crippen molar-refractivity contribution >= 4 is 17.3 Å². The van der Waals surface area contributed by atoms with E-state index in [1.807, 2.05) is 0 Å². The van der Waals surface area contributed by atoms with E-state index in [4.69, 9.17) is 18.9 Å². The van der Waals surface area contributed by atoms with Gasteiger partial charge in [0.05, 0.1) is 56.5 Å². The molecule has 0 aliphatic heterocycles. The van der Waals surface area contributed by atoms with Gasteiger partial charge in [-0.25, -0.2) is 4.79 Å². The summed E-state index contributed by atoms with van der Waals surface area (Å²) in [6, 6.07) is 5.24. The van der Waals surface area contributed by atoms with Gasteiger partial charge in [0.25, 0.3) is 11.4 Å². The molecular formula is C22H26N2O10. The molecule has 0 aromatic heterocycles. The number of aryl methyl sites for hydroxylation is 1. The first-order chi connectivity index (χ1) is 16.2. The second kappa shape index (κ2) is 12.2. The van der Waals surface area contributed by atoms with Gasteiger partial charge >= 0.3 is 5.97 Å². The van der Waals surface area contributed by atoms with Crippen LogP contribution in [0.4, 0.5) is 11.4 Å². The lowest BCUT2D eigenvalue weighted by atomic mass is 10.1. The number of hydrogen-bond donors (Lipinski definition) is 0. The van der Waals surface area contributed by atoms with Gasteiger partial charge in [-0.05, 0) is 32.3 Å². The number of nitro groups is 2. The summed E-state index contributed by atoms with van der Waals surface area (Å²) in [6.45, 7) is 2.17. The van der Waals surface area contributed by atoms with Gasteiger partial charge in [0.1, 0.15) is 5.56 Å². The molecule has 0 spiro atoms. The fraction of sp³-hybridized carbons (Fsp3) is 0.409. The van der Waals surface area contributed by atoms with Crippen LogP contribution in [0.1, 0.15) is 35.2 Å². The molecule has 0 aliphatic rings. The standard InChI is InChI=1S/C22H26N2O10/c1-14-10-18(30-2)20(12-16(14)23(26)27)33-8-6-5-7-9-34-21-13-17(24(28)29)15(22(25)32-4)11-19(21)31-3/h10-13H,5-9H2,1-4H3. The number of nitrogens with zero attached hydrogens (tertiary/aromatic N) is 2. The Kier molecular flexibility index (Phi) is 9.41. The Morgan fingerprint density at radius 3 is 1.74 bits per heavy atom. The number of unbranched alkanes of at least 4 members (excludes halogenated alkanes) is 2. The first kappa shape index (κ1) is 26.2. The van der Waals surface area contributed by atoms with Crippen molar-refractivity contribution in [1.82, 2.24) is 0 Å². The van der Waals surface area contributed by atoms with E-state index in [9.17, 15) is 25.0 Å². The summed E-state index contributed by atoms with van der Waals surface area (Å²) in [5.74, 6) is 0.151. The molecule has 0 heterocycles. The molecule has 12 heteroatoms. The van der Waals surface area contributed by atoms with Crippen molar-refractivity contribution in [2.75, 3.05) is 34.5 Å². The molecule has 0 atom stereocenters. The predicted octanol–water partition coefficient (Wildman–Crippen LogP) is 4.24. The van der Waals surface area contributed by atoms with Gasteiger partial charge in [-0.3, -0.25) is 20.2 Å². The van der Waals surface area contributed by atoms with Crippen LogP contribution in [0.5, 0.6) is 23.0 Å². The normalized spacial score (nSPS) is 10.4. The van der Waals surface area contributed by atoms with Crippen molar-refractivity contribution in [1.29, 1.82) is 0 Å². The van der Waals surface area contributed by atoms with Crippen LogP contribution in [0, 0.1) is 27.2 Å². The number of carbonyl (C=O) groups is 1. The minimum atomic E-state index is -0.855. The SMILES string of the molecule is COC(=O)c1cc(OC)c(OCCCCCOc2cc([N+](=O)[O-])c(C)cc2OC)cc1[N+](=O)[O-]. The summed E-state index contributed by atoms with van der Waals surface area (Å²) < 4.78 is 26.3. The summed E-state index contributed by atoms with van der Waals surface area (Å²) in [7, 11) is 3.94. The van der Waals surface area contributed by atoms with Gasteiger partial charge in [0.2, 0.25) is 0 Å². The van der Waals surface area contributed by atoms with E-state index in [-0.39, 0.29) is 29.4 Å². The Labute approximate surface area is 195 Å². The maximum atomic E-state index is 11.8. The van der Waals surface area contributed by atoms with E-state index >= 15 is 0 Å². The fourth-order valence-electron chi connectivity index (χ4n) is 3.11. The average molecular weight is 478 g/mol. The average Bonchev–Trinajstić information content (AvgIpc) is 2.82. The predicted molar refractivity (Wildman–Crippen MR) is 120 cm³/mol. The quantitative estimate of drug-likeness (QED) is 0.177. The van der Waals surface area contributed by atoms with Crippen LogP contribution in [-0.2, 0) is 4.74 Å². The highest BCUT2D eigenvalue weighted by atomic mass is 16.6. The molecular weight excluding hydrogens is 452 g/mol. The number of carbonyl (C=O) groups excluding carboxylic acids is 1. The molecule has 0 aliphatic carbocycles. The molecule has 2 rings (SSSR count). The topological polar surface area (TPSA) is 150 Å². The molecule has 2 aromatic rings. The third kappa shape index (κ3) is 6.47. The highest BCUT2D eigenvalue weighted by Gasteiger charge is 2.25. The van der Waals surface area contributed by atoms with Crippen LogP contribution in [0.15, 0.2) is 24.3 Å². The molecule has 0 saturated carbocycles. The molecule has 0 saturated heterocycles. The third-order valence-corrected chi connectivity index (χ3v) is 4.87. The van der Waals surface area contributed by atoms with Gasteiger partial charge in [-0.15, -0.1) is 0 Å². The largest absolute Gasteiger partial charge is 0.493 e. The lowest BCUT2D eigenvalue weighted by Crippen LogP contribution is -2.08. The monoisotopic (exact) mass is 478 g/mol. The van der Waals surface area contributed by atoms with E-state index < -0.39 is 21.5 Å². The number of esters is 1. The second-order valence-electron chi connectivity index (χ2n) is 7.07. The second-order valence-corrected chi connectivity index (χ2v) is 7.07. The summed E-state index contributed by atoms with van der Waals surface area (Å²) in [4.78, 5) is 33.1. The smallest absolute Gasteiger partial charge is 0.345 e. The molecule has 2 aromatic carbocycles. The highest BCUT2D eigenvalue weighted by Crippen LogP contribution is 2.36. The summed E-state index contributed by atoms with van der Waals surface area (Å²) in [5, 5.41) is 22.5. The van der Waals surface area contributed by atoms with Crippen LogP contribution in [-0.4, -0.2) is 50.4 Å². The molecule has 0 unspecified atom stereocenters. The number of benzene rings is 2. The van der Waals surface area contributed by atoms with E-state index in [1.165, 1.54) is 26.4 Å². The van der Waals surface area contributed by atoms with Gasteiger partial charge in [0, 0.05) is 11.6 Å². The maximum absolute atomic E-state index is 11.8. The lowest BCUT2D eigenvalue weighted by Gasteiger charge is -2.13. The minimum absolute atomic E-state index is 0.0505. The van der Waals surface area contributed by atoms with Crippen molar-refractivity contribution in [3.05, 3.63) is 55.6 Å². The molecule has 0 bridgehead atoms. The van der Waals surface area contributed by atoms with Crippen molar-refractivity contribution in [3.8, 4) is 23.0 Å². The van der Waals surface area contributed by atoms with Crippen LogP contribution < -0.4 is 18.9 Å². The van der Waals surface area contributed by atoms with Gasteiger partial charge in [-0.2, -0.15) is 0 Å². The molecule has 0 amide bonds. The van der Waals surface area contributed by atoms with Crippen molar-refractivity contribution in [2.24, 2.45) is 0 Å². The van der Waals surface area contributed by atoms with Gasteiger partial charge in [-0.1, -0.05) is 0 Å². The zero-order chi connectivity index (χ0) is 25.3. The first-order valence-electron chi connectivity index (χ1n) is 10.3. The summed E-state index contributed by atoms with van der Waals surface area (Å²) in [6.07, 6.45) is 1.93. The Morgan fingerprint density at radius 1 is 0.765 bits per heavy atom. The van der Waals surface area contributed by atoms with Crippen LogP contribution in [0.2, 0.25) is 0 Å². The van der Waals surface area contributed by atoms with E-state index in [0.29, 0.717) is 42.9 Å². The molecule has 0 fully saturated rings. The first-order valence-corrected chi connectivity index (χ1v) is 10.3. The highest BCUT2D eigenvalue weighted by molar-refractivity contribution is 5.95. The Balaban J connectivity index is 1.91. The van der Waals surface area contributed by atoms with Crippen LogP contribution in [0.25, 0.3) is 0 Å². The molecule has 0 radical (unpaired) electrons. The van der Waals surface area contributed by atoms with Gasteiger partial charge in [0.15, 0.2) is 23.0 Å². The zero-order valence-corrected chi connectivity index (χ0v) is 19.3. The molecule has 34 heavy (non-hydrogen) atoms. The van der Waals surface area contributed by atoms with E-state index in [1.54, 1.807) is 13.0 Å².